The van der Waals surface area contributed by atoms with Crippen molar-refractivity contribution in [2.24, 2.45) is 0 Å². The van der Waals surface area contributed by atoms with Gasteiger partial charge in [0.25, 0.3) is 0 Å². The fourth-order valence-electron chi connectivity index (χ4n) is 2.86. The number of carbonyl (C=O) groups excluding carboxylic acids is 1. The summed E-state index contributed by atoms with van der Waals surface area (Å²) in [4.78, 5) is 12.4. The summed E-state index contributed by atoms with van der Waals surface area (Å²) < 4.78 is 70.1. The van der Waals surface area contributed by atoms with Crippen molar-refractivity contribution in [3.05, 3.63) is 83.4 Å². The van der Waals surface area contributed by atoms with E-state index >= 15 is 0 Å². The quantitative estimate of drug-likeness (QED) is 0.463. The van der Waals surface area contributed by atoms with E-state index in [1.165, 1.54) is 30.3 Å². The number of alkyl halides is 3. The van der Waals surface area contributed by atoms with E-state index in [1.807, 2.05) is 6.07 Å². The van der Waals surface area contributed by atoms with Crippen LogP contribution in [0.5, 0.6) is 11.5 Å². The van der Waals surface area contributed by atoms with Crippen molar-refractivity contribution in [1.29, 1.82) is 0 Å². The fourth-order valence-corrected chi connectivity index (χ4v) is 3.94. The van der Waals surface area contributed by atoms with Gasteiger partial charge in [0.1, 0.15) is 18.0 Å². The number of ether oxygens (including phenoxy) is 1. The fraction of sp³-hybridized carbons (Fsp3) is 0.136. The van der Waals surface area contributed by atoms with E-state index in [-0.39, 0.29) is 11.4 Å². The van der Waals surface area contributed by atoms with Crippen molar-refractivity contribution in [2.45, 2.75) is 6.18 Å². The zero-order valence-corrected chi connectivity index (χ0v) is 18.7. The minimum Gasteiger partial charge on any atom is -0.457 e. The standard InChI is InChI=1S/C22H18ClF3N2O4S/c1-33(30,31)28(16-8-10-18(11-9-16)32-17-5-3-2-4-6-17)14-21(29)27-15-7-12-20(23)19(13-15)22(24,25)26/h2-13H,14H2,1H3,(H,27,29). The average Bonchev–Trinajstić information content (AvgIpc) is 2.73. The van der Waals surface area contributed by atoms with E-state index in [0.717, 1.165) is 16.6 Å². The van der Waals surface area contributed by atoms with E-state index in [4.69, 9.17) is 16.3 Å². The largest absolute Gasteiger partial charge is 0.457 e. The topological polar surface area (TPSA) is 75.7 Å². The lowest BCUT2D eigenvalue weighted by molar-refractivity contribution is -0.137. The van der Waals surface area contributed by atoms with Gasteiger partial charge < -0.3 is 10.1 Å². The minimum atomic E-state index is -4.71. The van der Waals surface area contributed by atoms with Gasteiger partial charge in [0.05, 0.1) is 22.5 Å². The van der Waals surface area contributed by atoms with Crippen molar-refractivity contribution >= 4 is 38.9 Å². The third-order valence-electron chi connectivity index (χ3n) is 4.35. The Bertz CT molecular complexity index is 1230. The monoisotopic (exact) mass is 498 g/mol. The number of amides is 1. The van der Waals surface area contributed by atoms with E-state index in [0.29, 0.717) is 17.6 Å². The molecule has 6 nitrogen and oxygen atoms in total. The summed E-state index contributed by atoms with van der Waals surface area (Å²) >= 11 is 5.57. The zero-order chi connectivity index (χ0) is 24.2. The van der Waals surface area contributed by atoms with Crippen LogP contribution in [0, 0.1) is 0 Å². The van der Waals surface area contributed by atoms with Gasteiger partial charge in [-0.3, -0.25) is 9.10 Å². The minimum absolute atomic E-state index is 0.170. The summed E-state index contributed by atoms with van der Waals surface area (Å²) in [5.41, 5.74) is -1.10. The number of nitrogens with one attached hydrogen (secondary N) is 1. The number of para-hydroxylation sites is 1. The Morgan fingerprint density at radius 3 is 2.18 bits per heavy atom. The molecule has 0 saturated carbocycles. The van der Waals surface area contributed by atoms with Crippen LogP contribution in [0.1, 0.15) is 5.56 Å². The molecule has 0 radical (unpaired) electrons. The molecule has 0 aliphatic carbocycles. The van der Waals surface area contributed by atoms with Crippen LogP contribution in [0.3, 0.4) is 0 Å². The molecule has 1 N–H and O–H groups in total. The van der Waals surface area contributed by atoms with Gasteiger partial charge in [-0.1, -0.05) is 29.8 Å². The number of hydrogen-bond donors (Lipinski definition) is 1. The molecule has 0 fully saturated rings. The van der Waals surface area contributed by atoms with Gasteiger partial charge in [-0.15, -0.1) is 0 Å². The molecule has 3 rings (SSSR count). The lowest BCUT2D eigenvalue weighted by atomic mass is 10.2. The van der Waals surface area contributed by atoms with Crippen LogP contribution in [0.4, 0.5) is 24.5 Å². The molecule has 1 amide bonds. The van der Waals surface area contributed by atoms with Crippen molar-refractivity contribution in [3.8, 4) is 11.5 Å². The molecule has 0 bridgehead atoms. The van der Waals surface area contributed by atoms with E-state index < -0.39 is 39.2 Å². The number of benzene rings is 3. The maximum atomic E-state index is 13.0. The molecule has 0 aliphatic heterocycles. The van der Waals surface area contributed by atoms with Gasteiger partial charge in [-0.05, 0) is 54.6 Å². The van der Waals surface area contributed by atoms with Crippen LogP contribution < -0.4 is 14.4 Å². The van der Waals surface area contributed by atoms with Crippen molar-refractivity contribution in [2.75, 3.05) is 22.4 Å². The van der Waals surface area contributed by atoms with Gasteiger partial charge in [-0.25, -0.2) is 8.42 Å². The molecule has 0 saturated heterocycles. The Kier molecular flexibility index (Phi) is 7.19. The summed E-state index contributed by atoms with van der Waals surface area (Å²) in [6, 6.07) is 17.8. The predicted octanol–water partition coefficient (Wildman–Crippen LogP) is 5.56. The van der Waals surface area contributed by atoms with Gasteiger partial charge in [0.15, 0.2) is 0 Å². The average molecular weight is 499 g/mol. The highest BCUT2D eigenvalue weighted by Crippen LogP contribution is 2.36. The second-order valence-corrected chi connectivity index (χ2v) is 9.23. The second-order valence-electron chi connectivity index (χ2n) is 6.92. The first kappa shape index (κ1) is 24.4. The van der Waals surface area contributed by atoms with Gasteiger partial charge in [-0.2, -0.15) is 13.2 Å². The number of hydrogen-bond acceptors (Lipinski definition) is 4. The summed E-state index contributed by atoms with van der Waals surface area (Å²) in [5, 5.41) is 1.75. The second kappa shape index (κ2) is 9.72. The molecule has 3 aromatic rings. The smallest absolute Gasteiger partial charge is 0.417 e. The van der Waals surface area contributed by atoms with Crippen LogP contribution in [-0.4, -0.2) is 27.1 Å². The highest BCUT2D eigenvalue weighted by atomic mass is 35.5. The normalized spacial score (nSPS) is 11.7. The molecule has 0 unspecified atom stereocenters. The molecular weight excluding hydrogens is 481 g/mol. The third kappa shape index (κ3) is 6.62. The number of rotatable bonds is 7. The predicted molar refractivity (Wildman–Crippen MR) is 120 cm³/mol. The van der Waals surface area contributed by atoms with Gasteiger partial charge in [0.2, 0.25) is 15.9 Å². The first-order valence-electron chi connectivity index (χ1n) is 9.41. The lowest BCUT2D eigenvalue weighted by Crippen LogP contribution is -2.37. The van der Waals surface area contributed by atoms with Crippen LogP contribution in [-0.2, 0) is 21.0 Å². The summed E-state index contributed by atoms with van der Waals surface area (Å²) in [5.74, 6) is 0.204. The zero-order valence-electron chi connectivity index (χ0n) is 17.1. The Morgan fingerprint density at radius 2 is 1.61 bits per heavy atom. The van der Waals surface area contributed by atoms with E-state index in [9.17, 15) is 26.4 Å². The summed E-state index contributed by atoms with van der Waals surface area (Å²) in [6.07, 6.45) is -3.79. The highest BCUT2D eigenvalue weighted by molar-refractivity contribution is 7.92. The lowest BCUT2D eigenvalue weighted by Gasteiger charge is -2.22. The third-order valence-corrected chi connectivity index (χ3v) is 5.82. The first-order valence-corrected chi connectivity index (χ1v) is 11.6. The maximum Gasteiger partial charge on any atom is 0.417 e. The molecule has 0 atom stereocenters. The summed E-state index contributed by atoms with van der Waals surface area (Å²) in [6.45, 7) is -0.651. The van der Waals surface area contributed by atoms with Crippen LogP contribution in [0.15, 0.2) is 72.8 Å². The van der Waals surface area contributed by atoms with Crippen molar-refractivity contribution in [1.82, 2.24) is 0 Å². The molecule has 0 heterocycles. The van der Waals surface area contributed by atoms with Gasteiger partial charge in [0, 0.05) is 5.69 Å². The molecule has 0 aromatic heterocycles. The van der Waals surface area contributed by atoms with Crippen LogP contribution in [0.2, 0.25) is 5.02 Å². The van der Waals surface area contributed by atoms with Crippen molar-refractivity contribution < 1.29 is 31.1 Å². The number of carbonyl (C=O) groups is 1. The Balaban J connectivity index is 1.76. The SMILES string of the molecule is CS(=O)(=O)N(CC(=O)Nc1ccc(Cl)c(C(F)(F)F)c1)c1ccc(Oc2ccccc2)cc1. The molecular formula is C22H18ClF3N2O4S. The Morgan fingerprint density at radius 1 is 1.00 bits per heavy atom. The number of anilines is 2. The van der Waals surface area contributed by atoms with Crippen LogP contribution in [0.25, 0.3) is 0 Å². The Labute approximate surface area is 193 Å². The van der Waals surface area contributed by atoms with E-state index in [2.05, 4.69) is 5.32 Å². The summed E-state index contributed by atoms with van der Waals surface area (Å²) in [7, 11) is -3.88. The van der Waals surface area contributed by atoms with E-state index in [1.54, 1.807) is 24.3 Å². The Hall–Kier alpha value is -3.24. The molecule has 11 heteroatoms. The molecule has 0 spiro atoms. The van der Waals surface area contributed by atoms with Crippen molar-refractivity contribution in [3.63, 3.8) is 0 Å². The molecule has 174 valence electrons. The number of sulfonamides is 1. The molecule has 33 heavy (non-hydrogen) atoms. The number of nitrogens with zero attached hydrogens (tertiary/aromatic N) is 1. The maximum absolute atomic E-state index is 13.0. The highest BCUT2D eigenvalue weighted by Gasteiger charge is 2.33. The van der Waals surface area contributed by atoms with Crippen LogP contribution >= 0.6 is 11.6 Å². The molecule has 3 aromatic carbocycles. The molecule has 0 aliphatic rings. The van der Waals surface area contributed by atoms with Gasteiger partial charge >= 0.3 is 6.18 Å². The number of halogens is 4. The first-order chi connectivity index (χ1) is 15.4.